The molecule has 0 heterocycles. The first-order valence-corrected chi connectivity index (χ1v) is 7.95. The number of hydrogen-bond acceptors (Lipinski definition) is 4. The first-order valence-electron chi connectivity index (χ1n) is 7.95. The molecule has 2 aliphatic carbocycles. The van der Waals surface area contributed by atoms with Crippen LogP contribution in [0.4, 0.5) is 0 Å². The van der Waals surface area contributed by atoms with Gasteiger partial charge in [0.25, 0.3) is 0 Å². The predicted octanol–water partition coefficient (Wildman–Crippen LogP) is 1.70. The minimum absolute atomic E-state index is 0.190. The molecular weight excluding hydrogens is 264 g/mol. The van der Waals surface area contributed by atoms with Crippen LogP contribution < -0.4 is 22.5 Å². The average molecular weight is 294 g/mol. The molecule has 0 saturated heterocycles. The molecule has 2 aliphatic rings. The molecule has 1 spiro atoms. The number of nitrogens with one attached hydrogen (secondary N) is 1. The lowest BCUT2D eigenvalue weighted by Crippen LogP contribution is -2.47. The van der Waals surface area contributed by atoms with E-state index in [4.69, 9.17) is 17.2 Å². The molecular formula is C16H30N4O. The number of amides is 1. The zero-order chi connectivity index (χ0) is 15.9. The van der Waals surface area contributed by atoms with E-state index in [2.05, 4.69) is 5.32 Å². The first kappa shape index (κ1) is 17.6. The molecule has 2 saturated carbocycles. The Balaban J connectivity index is 0.00000106. The van der Waals surface area contributed by atoms with Gasteiger partial charge in [-0.15, -0.1) is 0 Å². The summed E-state index contributed by atoms with van der Waals surface area (Å²) >= 11 is 0. The summed E-state index contributed by atoms with van der Waals surface area (Å²) in [6.45, 7) is 4.00. The molecule has 21 heavy (non-hydrogen) atoms. The topological polar surface area (TPSA) is 107 Å². The highest BCUT2D eigenvalue weighted by atomic mass is 16.2. The van der Waals surface area contributed by atoms with Gasteiger partial charge in [0.2, 0.25) is 5.91 Å². The predicted molar refractivity (Wildman–Crippen MR) is 86.7 cm³/mol. The second-order valence-corrected chi connectivity index (χ2v) is 5.94. The second-order valence-electron chi connectivity index (χ2n) is 5.94. The SMILES string of the molecule is CC.N/C=C\C(=C/N)NC(=O)C(N)CC1CC2(CCC2)C1. The van der Waals surface area contributed by atoms with Crippen LogP contribution in [0.5, 0.6) is 0 Å². The van der Waals surface area contributed by atoms with Gasteiger partial charge in [-0.05, 0) is 55.7 Å². The van der Waals surface area contributed by atoms with Gasteiger partial charge in [-0.2, -0.15) is 0 Å². The van der Waals surface area contributed by atoms with E-state index >= 15 is 0 Å². The molecule has 0 bridgehead atoms. The molecule has 0 aromatic carbocycles. The van der Waals surface area contributed by atoms with Gasteiger partial charge in [0.1, 0.15) is 0 Å². The van der Waals surface area contributed by atoms with Crippen molar-refractivity contribution in [2.45, 2.75) is 58.4 Å². The van der Waals surface area contributed by atoms with E-state index in [1.807, 2.05) is 13.8 Å². The third kappa shape index (κ3) is 4.49. The van der Waals surface area contributed by atoms with Crippen molar-refractivity contribution in [1.82, 2.24) is 5.32 Å². The van der Waals surface area contributed by atoms with Gasteiger partial charge >= 0.3 is 0 Å². The van der Waals surface area contributed by atoms with Gasteiger partial charge in [0, 0.05) is 6.20 Å². The van der Waals surface area contributed by atoms with Crippen LogP contribution in [0.1, 0.15) is 52.4 Å². The zero-order valence-electron chi connectivity index (χ0n) is 13.3. The Morgan fingerprint density at radius 2 is 1.95 bits per heavy atom. The van der Waals surface area contributed by atoms with Crippen molar-refractivity contribution in [3.05, 3.63) is 24.2 Å². The molecule has 0 radical (unpaired) electrons. The van der Waals surface area contributed by atoms with Crippen molar-refractivity contribution in [2.24, 2.45) is 28.5 Å². The Morgan fingerprint density at radius 1 is 1.33 bits per heavy atom. The van der Waals surface area contributed by atoms with Crippen LogP contribution in [0.2, 0.25) is 0 Å². The molecule has 1 unspecified atom stereocenters. The van der Waals surface area contributed by atoms with Crippen molar-refractivity contribution < 1.29 is 4.79 Å². The van der Waals surface area contributed by atoms with Crippen LogP contribution >= 0.6 is 0 Å². The molecule has 1 amide bonds. The van der Waals surface area contributed by atoms with Gasteiger partial charge in [-0.3, -0.25) is 4.79 Å². The van der Waals surface area contributed by atoms with Crippen molar-refractivity contribution in [3.8, 4) is 0 Å². The summed E-state index contributed by atoms with van der Waals surface area (Å²) in [5.41, 5.74) is 17.7. The highest BCUT2D eigenvalue weighted by Gasteiger charge is 2.48. The van der Waals surface area contributed by atoms with Crippen LogP contribution in [-0.2, 0) is 4.79 Å². The fourth-order valence-corrected chi connectivity index (χ4v) is 3.36. The maximum atomic E-state index is 11.9. The molecule has 2 rings (SSSR count). The number of hydrogen-bond donors (Lipinski definition) is 4. The first-order chi connectivity index (χ1) is 10.1. The van der Waals surface area contributed by atoms with Crippen LogP contribution in [0, 0.1) is 11.3 Å². The lowest BCUT2D eigenvalue weighted by Gasteiger charge is -2.54. The Morgan fingerprint density at radius 3 is 2.38 bits per heavy atom. The number of allylic oxidation sites excluding steroid dienone is 1. The molecule has 120 valence electrons. The summed E-state index contributed by atoms with van der Waals surface area (Å²) in [5, 5.41) is 2.67. The van der Waals surface area contributed by atoms with Gasteiger partial charge in [-0.1, -0.05) is 20.3 Å². The van der Waals surface area contributed by atoms with Crippen LogP contribution in [0.15, 0.2) is 24.2 Å². The van der Waals surface area contributed by atoms with Crippen LogP contribution in [0.25, 0.3) is 0 Å². The summed E-state index contributed by atoms with van der Waals surface area (Å²) in [7, 11) is 0. The van der Waals surface area contributed by atoms with Crippen molar-refractivity contribution in [2.75, 3.05) is 0 Å². The Hall–Kier alpha value is -1.49. The van der Waals surface area contributed by atoms with Crippen LogP contribution in [-0.4, -0.2) is 11.9 Å². The minimum Gasteiger partial charge on any atom is -0.405 e. The van der Waals surface area contributed by atoms with Crippen LogP contribution in [0.3, 0.4) is 0 Å². The summed E-state index contributed by atoms with van der Waals surface area (Å²) < 4.78 is 0. The van der Waals surface area contributed by atoms with Crippen molar-refractivity contribution in [1.29, 1.82) is 0 Å². The van der Waals surface area contributed by atoms with E-state index in [1.165, 1.54) is 50.6 Å². The van der Waals surface area contributed by atoms with Gasteiger partial charge in [0.15, 0.2) is 0 Å². The van der Waals surface area contributed by atoms with E-state index in [9.17, 15) is 4.79 Å². The number of nitrogens with two attached hydrogens (primary N) is 3. The van der Waals surface area contributed by atoms with Gasteiger partial charge in [-0.25, -0.2) is 0 Å². The molecule has 0 aromatic heterocycles. The summed E-state index contributed by atoms with van der Waals surface area (Å²) in [4.78, 5) is 11.9. The maximum absolute atomic E-state index is 11.9. The lowest BCUT2D eigenvalue weighted by atomic mass is 9.51. The third-order valence-corrected chi connectivity index (χ3v) is 4.50. The van der Waals surface area contributed by atoms with E-state index in [0.29, 0.717) is 17.0 Å². The zero-order valence-corrected chi connectivity index (χ0v) is 13.3. The Labute approximate surface area is 128 Å². The largest absolute Gasteiger partial charge is 0.405 e. The molecule has 7 N–H and O–H groups in total. The minimum atomic E-state index is -0.469. The molecule has 0 aromatic rings. The molecule has 5 nitrogen and oxygen atoms in total. The van der Waals surface area contributed by atoms with E-state index in [1.54, 1.807) is 0 Å². The summed E-state index contributed by atoms with van der Waals surface area (Å²) in [6.07, 6.45) is 11.5. The van der Waals surface area contributed by atoms with Crippen molar-refractivity contribution >= 4 is 5.91 Å². The normalized spacial score (nSPS) is 22.0. The average Bonchev–Trinajstić information content (AvgIpc) is 2.41. The molecule has 1 atom stereocenters. The number of rotatable bonds is 5. The quantitative estimate of drug-likeness (QED) is 0.579. The molecule has 5 heteroatoms. The van der Waals surface area contributed by atoms with E-state index < -0.39 is 6.04 Å². The van der Waals surface area contributed by atoms with Crippen molar-refractivity contribution in [3.63, 3.8) is 0 Å². The summed E-state index contributed by atoms with van der Waals surface area (Å²) in [5.74, 6) is 0.417. The van der Waals surface area contributed by atoms with E-state index in [0.717, 1.165) is 6.42 Å². The monoisotopic (exact) mass is 294 g/mol. The third-order valence-electron chi connectivity index (χ3n) is 4.50. The Bertz CT molecular complexity index is 391. The smallest absolute Gasteiger partial charge is 0.241 e. The number of carbonyl (C=O) groups excluding carboxylic acids is 1. The molecule has 0 aliphatic heterocycles. The Kier molecular flexibility index (Phi) is 6.75. The highest BCUT2D eigenvalue weighted by molar-refractivity contribution is 5.83. The van der Waals surface area contributed by atoms with Gasteiger partial charge < -0.3 is 22.5 Å². The van der Waals surface area contributed by atoms with Gasteiger partial charge in [0.05, 0.1) is 11.7 Å². The highest BCUT2D eigenvalue weighted by Crippen LogP contribution is 2.59. The fourth-order valence-electron chi connectivity index (χ4n) is 3.36. The maximum Gasteiger partial charge on any atom is 0.241 e. The standard InChI is InChI=1S/C14H24N4O.C2H6/c15-5-2-11(9-16)18-13(19)12(17)6-10-7-14(8-10)3-1-4-14;1-2/h2,5,9-10,12H,1,3-4,6-8,15-17H2,(H,18,19);1-2H3/b5-2-,11-9+;. The summed E-state index contributed by atoms with van der Waals surface area (Å²) in [6, 6.07) is -0.469. The second kappa shape index (κ2) is 8.08. The fraction of sp³-hybridized carbons (Fsp3) is 0.688. The molecule has 2 fully saturated rings. The van der Waals surface area contributed by atoms with E-state index in [-0.39, 0.29) is 5.91 Å². The number of carbonyl (C=O) groups is 1. The lowest BCUT2D eigenvalue weighted by molar-refractivity contribution is -0.123.